The number of carbonyl (C=O) groups is 1. The third-order valence-corrected chi connectivity index (χ3v) is 4.73. The Kier molecular flexibility index (Phi) is 6.80. The first-order valence-corrected chi connectivity index (χ1v) is 9.05. The van der Waals surface area contributed by atoms with Crippen LogP contribution in [0.25, 0.3) is 6.08 Å². The maximum absolute atomic E-state index is 12.4. The Bertz CT molecular complexity index is 819. The molecule has 0 spiro atoms. The first-order valence-electron chi connectivity index (χ1n) is 7.47. The van der Waals surface area contributed by atoms with Gasteiger partial charge < -0.3 is 10.1 Å². The quantitative estimate of drug-likeness (QED) is 0.501. The number of nitrogens with zero attached hydrogens (tertiary/aromatic N) is 1. The fourth-order valence-electron chi connectivity index (χ4n) is 2.27. The molecule has 2 aromatic rings. The summed E-state index contributed by atoms with van der Waals surface area (Å²) in [5, 5.41) is 12.2. The van der Waals surface area contributed by atoms with E-state index in [1.54, 1.807) is 25.3 Å². The summed E-state index contributed by atoms with van der Waals surface area (Å²) in [6.45, 7) is 1.88. The maximum atomic E-state index is 12.4. The van der Waals surface area contributed by atoms with E-state index >= 15 is 0 Å². The lowest BCUT2D eigenvalue weighted by Crippen LogP contribution is -2.27. The molecule has 0 heterocycles. The van der Waals surface area contributed by atoms with Gasteiger partial charge in [-0.05, 0) is 68.1 Å². The number of carbonyl (C=O) groups excluding carboxylic acids is 1. The van der Waals surface area contributed by atoms with Gasteiger partial charge in [0.25, 0.3) is 5.91 Å². The molecule has 0 unspecified atom stereocenters. The lowest BCUT2D eigenvalue weighted by molar-refractivity contribution is -0.117. The second kappa shape index (κ2) is 8.84. The first kappa shape index (κ1) is 19.2. The molecule has 128 valence electrons. The lowest BCUT2D eigenvalue weighted by Gasteiger charge is -2.14. The minimum atomic E-state index is -0.415. The van der Waals surface area contributed by atoms with Crippen LogP contribution < -0.4 is 10.1 Å². The molecule has 0 aliphatic heterocycles. The molecule has 2 rings (SSSR count). The monoisotopic (exact) mass is 462 g/mol. The van der Waals surface area contributed by atoms with Crippen molar-refractivity contribution >= 4 is 43.8 Å². The molecular weight excluding hydrogens is 448 g/mol. The number of methoxy groups -OCH3 is 1. The topological polar surface area (TPSA) is 62.1 Å². The fourth-order valence-corrected chi connectivity index (χ4v) is 3.82. The Morgan fingerprint density at radius 3 is 2.36 bits per heavy atom. The molecule has 1 amide bonds. The van der Waals surface area contributed by atoms with Crippen LogP contribution in [0.2, 0.25) is 0 Å². The number of ether oxygens (including phenoxy) is 1. The van der Waals surface area contributed by atoms with Gasteiger partial charge >= 0.3 is 0 Å². The smallest absolute Gasteiger partial charge is 0.262 e. The van der Waals surface area contributed by atoms with Crippen molar-refractivity contribution in [3.63, 3.8) is 0 Å². The van der Waals surface area contributed by atoms with Crippen LogP contribution >= 0.6 is 31.9 Å². The number of benzene rings is 2. The van der Waals surface area contributed by atoms with Crippen molar-refractivity contribution in [1.82, 2.24) is 5.32 Å². The average Bonchev–Trinajstić information content (AvgIpc) is 2.60. The molecule has 0 radical (unpaired) electrons. The van der Waals surface area contributed by atoms with Gasteiger partial charge in [-0.25, -0.2) is 0 Å². The summed E-state index contributed by atoms with van der Waals surface area (Å²) in [5.41, 5.74) is 1.72. The second-order valence-electron chi connectivity index (χ2n) is 5.29. The molecule has 0 saturated carbocycles. The predicted molar refractivity (Wildman–Crippen MR) is 105 cm³/mol. The van der Waals surface area contributed by atoms with Crippen LogP contribution in [0.4, 0.5) is 0 Å². The zero-order chi connectivity index (χ0) is 18.4. The van der Waals surface area contributed by atoms with Gasteiger partial charge in [0.05, 0.1) is 22.1 Å². The van der Waals surface area contributed by atoms with Crippen LogP contribution in [-0.2, 0) is 4.79 Å². The lowest BCUT2D eigenvalue weighted by atomic mass is 10.1. The third kappa shape index (κ3) is 4.94. The summed E-state index contributed by atoms with van der Waals surface area (Å²) in [5.74, 6) is 0.236. The van der Waals surface area contributed by atoms with E-state index in [1.165, 1.54) is 0 Å². The Balaban J connectivity index is 2.23. The van der Waals surface area contributed by atoms with Gasteiger partial charge in [0.2, 0.25) is 0 Å². The summed E-state index contributed by atoms with van der Waals surface area (Å²) in [7, 11) is 1.57. The first-order chi connectivity index (χ1) is 12.0. The molecule has 2 aromatic carbocycles. The average molecular weight is 464 g/mol. The fraction of sp³-hybridized carbons (Fsp3) is 0.158. The minimum Gasteiger partial charge on any atom is -0.494 e. The Morgan fingerprint density at radius 2 is 1.84 bits per heavy atom. The van der Waals surface area contributed by atoms with Crippen LogP contribution in [-0.4, -0.2) is 13.0 Å². The van der Waals surface area contributed by atoms with E-state index in [1.807, 2.05) is 43.3 Å². The molecule has 1 N–H and O–H groups in total. The van der Waals surface area contributed by atoms with Gasteiger partial charge in [0.15, 0.2) is 0 Å². The molecule has 1 atom stereocenters. The SMILES string of the molecule is COc1c(Br)cc(/C=C(\C#N)C(=O)N[C@@H](C)c2ccccc2)cc1Br. The predicted octanol–water partition coefficient (Wildman–Crippen LogP) is 5.00. The molecular formula is C19H16Br2N2O2. The highest BCUT2D eigenvalue weighted by atomic mass is 79.9. The molecule has 25 heavy (non-hydrogen) atoms. The van der Waals surface area contributed by atoms with E-state index in [-0.39, 0.29) is 11.6 Å². The summed E-state index contributed by atoms with van der Waals surface area (Å²) < 4.78 is 6.71. The van der Waals surface area contributed by atoms with Crippen LogP contribution in [0.3, 0.4) is 0 Å². The number of rotatable bonds is 5. The van der Waals surface area contributed by atoms with Crippen molar-refractivity contribution in [1.29, 1.82) is 5.26 Å². The molecule has 0 aliphatic rings. The zero-order valence-electron chi connectivity index (χ0n) is 13.7. The highest BCUT2D eigenvalue weighted by Gasteiger charge is 2.14. The Hall–Kier alpha value is -2.10. The minimum absolute atomic E-state index is 0.0340. The van der Waals surface area contributed by atoms with Crippen molar-refractivity contribution in [3.05, 3.63) is 68.1 Å². The number of hydrogen-bond donors (Lipinski definition) is 1. The standard InChI is InChI=1S/C19H16Br2N2O2/c1-12(14-6-4-3-5-7-14)23-19(24)15(11-22)8-13-9-16(20)18(25-2)17(21)10-13/h3-10,12H,1-2H3,(H,23,24)/b15-8+/t12-/m0/s1. The Morgan fingerprint density at radius 1 is 1.24 bits per heavy atom. The maximum Gasteiger partial charge on any atom is 0.262 e. The van der Waals surface area contributed by atoms with E-state index in [2.05, 4.69) is 37.2 Å². The largest absolute Gasteiger partial charge is 0.494 e. The van der Waals surface area contributed by atoms with E-state index in [0.29, 0.717) is 11.3 Å². The summed E-state index contributed by atoms with van der Waals surface area (Å²) in [4.78, 5) is 12.4. The van der Waals surface area contributed by atoms with E-state index < -0.39 is 5.91 Å². The third-order valence-electron chi connectivity index (χ3n) is 3.55. The molecule has 6 heteroatoms. The normalized spacial score (nSPS) is 12.2. The van der Waals surface area contributed by atoms with Crippen molar-refractivity contribution in [2.45, 2.75) is 13.0 Å². The zero-order valence-corrected chi connectivity index (χ0v) is 16.9. The number of nitriles is 1. The molecule has 0 bridgehead atoms. The van der Waals surface area contributed by atoms with Crippen LogP contribution in [0, 0.1) is 11.3 Å². The van der Waals surface area contributed by atoms with E-state index in [0.717, 1.165) is 14.5 Å². The van der Waals surface area contributed by atoms with Gasteiger partial charge in [-0.2, -0.15) is 5.26 Å². The summed E-state index contributed by atoms with van der Waals surface area (Å²) >= 11 is 6.82. The van der Waals surface area contributed by atoms with Crippen molar-refractivity contribution in [2.75, 3.05) is 7.11 Å². The highest BCUT2D eigenvalue weighted by Crippen LogP contribution is 2.35. The molecule has 0 aliphatic carbocycles. The molecule has 0 saturated heterocycles. The van der Waals surface area contributed by atoms with Crippen molar-refractivity contribution < 1.29 is 9.53 Å². The van der Waals surface area contributed by atoms with Gasteiger partial charge in [-0.3, -0.25) is 4.79 Å². The van der Waals surface area contributed by atoms with Gasteiger partial charge in [0.1, 0.15) is 17.4 Å². The van der Waals surface area contributed by atoms with Gasteiger partial charge in [-0.15, -0.1) is 0 Å². The van der Waals surface area contributed by atoms with Crippen LogP contribution in [0.5, 0.6) is 5.75 Å². The van der Waals surface area contributed by atoms with E-state index in [4.69, 9.17) is 4.74 Å². The van der Waals surface area contributed by atoms with Crippen LogP contribution in [0.1, 0.15) is 24.1 Å². The number of nitrogens with one attached hydrogen (secondary N) is 1. The Labute approximate surface area is 163 Å². The van der Waals surface area contributed by atoms with Crippen LogP contribution in [0.15, 0.2) is 57.0 Å². The summed E-state index contributed by atoms with van der Waals surface area (Å²) in [6.07, 6.45) is 1.54. The number of amides is 1. The molecule has 0 fully saturated rings. The highest BCUT2D eigenvalue weighted by molar-refractivity contribution is 9.11. The van der Waals surface area contributed by atoms with E-state index in [9.17, 15) is 10.1 Å². The van der Waals surface area contributed by atoms with Gasteiger partial charge in [0, 0.05) is 0 Å². The van der Waals surface area contributed by atoms with Crippen molar-refractivity contribution in [3.8, 4) is 11.8 Å². The van der Waals surface area contributed by atoms with Gasteiger partial charge in [-0.1, -0.05) is 30.3 Å². The van der Waals surface area contributed by atoms with Crippen molar-refractivity contribution in [2.24, 2.45) is 0 Å². The number of halogens is 2. The number of hydrogen-bond acceptors (Lipinski definition) is 3. The molecule has 0 aromatic heterocycles. The summed E-state index contributed by atoms with van der Waals surface area (Å²) in [6, 6.07) is 14.9. The molecule has 4 nitrogen and oxygen atoms in total. The second-order valence-corrected chi connectivity index (χ2v) is 7.00.